The number of anilines is 1. The Morgan fingerprint density at radius 1 is 0.875 bits per heavy atom. The summed E-state index contributed by atoms with van der Waals surface area (Å²) >= 11 is 0. The molecule has 32 heavy (non-hydrogen) atoms. The van der Waals surface area contributed by atoms with E-state index in [-0.39, 0.29) is 18.0 Å². The quantitative estimate of drug-likeness (QED) is 0.764. The maximum absolute atomic E-state index is 12.8. The number of nitrogens with zero attached hydrogens (tertiary/aromatic N) is 3. The third-order valence-electron chi connectivity index (χ3n) is 6.74. The summed E-state index contributed by atoms with van der Waals surface area (Å²) in [5, 5.41) is 3.02. The largest absolute Gasteiger partial charge is 0.342 e. The minimum atomic E-state index is -0.0831. The number of rotatable bonds is 5. The molecule has 2 fully saturated rings. The number of piperidine rings is 2. The molecule has 0 aliphatic carbocycles. The van der Waals surface area contributed by atoms with Gasteiger partial charge in [0.15, 0.2) is 0 Å². The number of carbonyl (C=O) groups is 2. The Morgan fingerprint density at radius 2 is 1.50 bits per heavy atom. The highest BCUT2D eigenvalue weighted by Gasteiger charge is 2.27. The van der Waals surface area contributed by atoms with E-state index < -0.39 is 0 Å². The van der Waals surface area contributed by atoms with Crippen molar-refractivity contribution in [1.82, 2.24) is 14.7 Å². The average molecular weight is 435 g/mol. The Balaban J connectivity index is 1.23. The Labute approximate surface area is 191 Å². The summed E-state index contributed by atoms with van der Waals surface area (Å²) in [6, 6.07) is 18.3. The second kappa shape index (κ2) is 10.6. The lowest BCUT2D eigenvalue weighted by molar-refractivity contribution is -0.133. The molecule has 2 aliphatic heterocycles. The number of hydrogen-bond donors (Lipinski definition) is 1. The van der Waals surface area contributed by atoms with E-state index in [0.717, 1.165) is 68.7 Å². The van der Waals surface area contributed by atoms with Crippen LogP contribution in [0.2, 0.25) is 0 Å². The van der Waals surface area contributed by atoms with Gasteiger partial charge < -0.3 is 15.1 Å². The monoisotopic (exact) mass is 434 g/mol. The van der Waals surface area contributed by atoms with Crippen molar-refractivity contribution in [1.29, 1.82) is 0 Å². The lowest BCUT2D eigenvalue weighted by Gasteiger charge is -2.37. The number of benzene rings is 2. The van der Waals surface area contributed by atoms with Gasteiger partial charge in [-0.1, -0.05) is 42.5 Å². The van der Waals surface area contributed by atoms with E-state index in [1.807, 2.05) is 59.3 Å². The first kappa shape index (κ1) is 22.3. The van der Waals surface area contributed by atoms with Crippen LogP contribution < -0.4 is 5.32 Å². The van der Waals surface area contributed by atoms with Gasteiger partial charge in [-0.3, -0.25) is 9.69 Å². The normalized spacial score (nSPS) is 17.7. The molecule has 2 aromatic rings. The topological polar surface area (TPSA) is 55.9 Å². The molecule has 2 aliphatic rings. The van der Waals surface area contributed by atoms with Crippen LogP contribution in [0.1, 0.15) is 32.1 Å². The van der Waals surface area contributed by atoms with Crippen molar-refractivity contribution in [2.45, 2.75) is 38.1 Å². The van der Waals surface area contributed by atoms with Crippen LogP contribution >= 0.6 is 0 Å². The van der Waals surface area contributed by atoms with Crippen LogP contribution in [0, 0.1) is 0 Å². The van der Waals surface area contributed by atoms with Gasteiger partial charge in [-0.25, -0.2) is 4.79 Å². The highest BCUT2D eigenvalue weighted by Crippen LogP contribution is 2.22. The Hall–Kier alpha value is -2.86. The maximum Gasteiger partial charge on any atom is 0.321 e. The molecule has 6 nitrogen and oxygen atoms in total. The zero-order valence-electron chi connectivity index (χ0n) is 19.0. The third-order valence-corrected chi connectivity index (χ3v) is 6.74. The van der Waals surface area contributed by atoms with Crippen LogP contribution in [0.5, 0.6) is 0 Å². The Bertz CT molecular complexity index is 886. The number of nitrogens with one attached hydrogen (secondary N) is 1. The van der Waals surface area contributed by atoms with Gasteiger partial charge in [0.1, 0.15) is 0 Å². The molecule has 1 N–H and O–H groups in total. The van der Waals surface area contributed by atoms with Crippen molar-refractivity contribution < 1.29 is 9.59 Å². The predicted molar refractivity (Wildman–Crippen MR) is 129 cm³/mol. The standard InChI is InChI=1S/C26H34N4O2/c1-28(24-14-18-29(19-15-24)20-25(31)30-16-6-3-7-17-30)26(32)27-23-12-10-22(11-13-23)21-8-4-2-5-9-21/h2,4-5,8-13,24H,3,6-7,14-20H2,1H3,(H,27,32). The number of urea groups is 1. The molecule has 0 radical (unpaired) electrons. The molecule has 0 bridgehead atoms. The van der Waals surface area contributed by atoms with Crippen LogP contribution in [0.25, 0.3) is 11.1 Å². The zero-order valence-corrected chi connectivity index (χ0v) is 19.0. The van der Waals surface area contributed by atoms with Crippen molar-refractivity contribution >= 4 is 17.6 Å². The van der Waals surface area contributed by atoms with E-state index in [2.05, 4.69) is 22.3 Å². The summed E-state index contributed by atoms with van der Waals surface area (Å²) in [6.07, 6.45) is 5.28. The fraction of sp³-hybridized carbons (Fsp3) is 0.462. The SMILES string of the molecule is CN(C(=O)Nc1ccc(-c2ccccc2)cc1)C1CCN(CC(=O)N2CCCCC2)CC1. The molecule has 0 spiro atoms. The maximum atomic E-state index is 12.8. The fourth-order valence-electron chi connectivity index (χ4n) is 4.65. The lowest BCUT2D eigenvalue weighted by atomic mass is 10.0. The molecule has 0 saturated carbocycles. The molecular formula is C26H34N4O2. The molecule has 4 rings (SSSR count). The Morgan fingerprint density at radius 3 is 2.16 bits per heavy atom. The van der Waals surface area contributed by atoms with Crippen molar-refractivity contribution in [3.63, 3.8) is 0 Å². The molecule has 2 aromatic carbocycles. The molecule has 170 valence electrons. The van der Waals surface area contributed by atoms with E-state index in [0.29, 0.717) is 6.54 Å². The lowest BCUT2D eigenvalue weighted by Crippen LogP contribution is -2.49. The van der Waals surface area contributed by atoms with Gasteiger partial charge in [0, 0.05) is 45.0 Å². The second-order valence-electron chi connectivity index (χ2n) is 8.93. The summed E-state index contributed by atoms with van der Waals surface area (Å²) in [5.74, 6) is 0.258. The molecular weight excluding hydrogens is 400 g/mol. The zero-order chi connectivity index (χ0) is 22.3. The molecule has 0 atom stereocenters. The van der Waals surface area contributed by atoms with Crippen LogP contribution in [-0.2, 0) is 4.79 Å². The second-order valence-corrected chi connectivity index (χ2v) is 8.93. The summed E-state index contributed by atoms with van der Waals surface area (Å²) in [5.41, 5.74) is 3.09. The highest BCUT2D eigenvalue weighted by atomic mass is 16.2. The molecule has 2 heterocycles. The van der Waals surface area contributed by atoms with E-state index >= 15 is 0 Å². The molecule has 0 aromatic heterocycles. The van der Waals surface area contributed by atoms with Crippen molar-refractivity contribution in [3.8, 4) is 11.1 Å². The summed E-state index contributed by atoms with van der Waals surface area (Å²) < 4.78 is 0. The molecule has 6 heteroatoms. The van der Waals surface area contributed by atoms with Crippen molar-refractivity contribution in [2.24, 2.45) is 0 Å². The summed E-state index contributed by atoms with van der Waals surface area (Å²) in [7, 11) is 1.87. The average Bonchev–Trinajstić information content (AvgIpc) is 2.85. The van der Waals surface area contributed by atoms with Gasteiger partial charge in [0.05, 0.1) is 6.54 Å². The summed E-state index contributed by atoms with van der Waals surface area (Å²) in [6.45, 7) is 4.03. The van der Waals surface area contributed by atoms with Crippen molar-refractivity contribution in [3.05, 3.63) is 54.6 Å². The fourth-order valence-corrected chi connectivity index (χ4v) is 4.65. The first-order valence-corrected chi connectivity index (χ1v) is 11.8. The molecule has 2 saturated heterocycles. The minimum Gasteiger partial charge on any atom is -0.342 e. The van der Waals surface area contributed by atoms with Gasteiger partial charge in [0.25, 0.3) is 0 Å². The minimum absolute atomic E-state index is 0.0831. The number of amides is 3. The first-order valence-electron chi connectivity index (χ1n) is 11.8. The van der Waals surface area contributed by atoms with Crippen molar-refractivity contribution in [2.75, 3.05) is 45.1 Å². The van der Waals surface area contributed by atoms with E-state index in [4.69, 9.17) is 0 Å². The van der Waals surface area contributed by atoms with Crippen LogP contribution in [0.4, 0.5) is 10.5 Å². The smallest absolute Gasteiger partial charge is 0.321 e. The molecule has 0 unspecified atom stereocenters. The molecule has 3 amide bonds. The summed E-state index contributed by atoms with van der Waals surface area (Å²) in [4.78, 5) is 31.4. The van der Waals surface area contributed by atoms with Crippen LogP contribution in [0.3, 0.4) is 0 Å². The third kappa shape index (κ3) is 5.68. The predicted octanol–water partition coefficient (Wildman–Crippen LogP) is 4.29. The Kier molecular flexibility index (Phi) is 7.43. The number of likely N-dealkylation sites (tertiary alicyclic amines) is 2. The van der Waals surface area contributed by atoms with Gasteiger partial charge in [-0.05, 0) is 55.4 Å². The first-order chi connectivity index (χ1) is 15.6. The van der Waals surface area contributed by atoms with Gasteiger partial charge in [-0.2, -0.15) is 0 Å². The van der Waals surface area contributed by atoms with Gasteiger partial charge in [-0.15, -0.1) is 0 Å². The van der Waals surface area contributed by atoms with E-state index in [9.17, 15) is 9.59 Å². The van der Waals surface area contributed by atoms with Crippen LogP contribution in [0.15, 0.2) is 54.6 Å². The van der Waals surface area contributed by atoms with E-state index in [1.165, 1.54) is 6.42 Å². The van der Waals surface area contributed by atoms with E-state index in [1.54, 1.807) is 0 Å². The van der Waals surface area contributed by atoms with Crippen LogP contribution in [-0.4, -0.2) is 72.5 Å². The number of hydrogen-bond acceptors (Lipinski definition) is 3. The van der Waals surface area contributed by atoms with Gasteiger partial charge >= 0.3 is 6.03 Å². The highest BCUT2D eigenvalue weighted by molar-refractivity contribution is 5.89. The number of carbonyl (C=O) groups excluding carboxylic acids is 2. The van der Waals surface area contributed by atoms with Gasteiger partial charge in [0.2, 0.25) is 5.91 Å².